The van der Waals surface area contributed by atoms with Crippen molar-refractivity contribution < 1.29 is 24.2 Å². The highest BCUT2D eigenvalue weighted by molar-refractivity contribution is 5.91. The van der Waals surface area contributed by atoms with E-state index in [1.165, 1.54) is 0 Å². The molecule has 0 heterocycles. The number of carbonyl (C=O) groups excluding carboxylic acids is 2. The van der Waals surface area contributed by atoms with Gasteiger partial charge < -0.3 is 20.5 Å². The van der Waals surface area contributed by atoms with Crippen LogP contribution in [-0.4, -0.2) is 40.8 Å². The summed E-state index contributed by atoms with van der Waals surface area (Å²) < 4.78 is 5.63. The van der Waals surface area contributed by atoms with Crippen LogP contribution in [0.5, 0.6) is 0 Å². The molecule has 2 amide bonds. The minimum atomic E-state index is -1.17. The Balaban J connectivity index is 1.44. The van der Waals surface area contributed by atoms with Crippen molar-refractivity contribution in [1.29, 1.82) is 0 Å². The van der Waals surface area contributed by atoms with E-state index < -0.39 is 29.0 Å². The number of carbonyl (C=O) groups is 3. The summed E-state index contributed by atoms with van der Waals surface area (Å²) in [4.78, 5) is 37.0. The van der Waals surface area contributed by atoms with E-state index in [0.717, 1.165) is 35.1 Å². The molecule has 0 spiro atoms. The Morgan fingerprint density at radius 2 is 1.48 bits per heavy atom. The first-order chi connectivity index (χ1) is 15.6. The maximum atomic E-state index is 13.1. The van der Waals surface area contributed by atoms with Crippen LogP contribution in [0.3, 0.4) is 0 Å². The van der Waals surface area contributed by atoms with Crippen LogP contribution in [-0.2, 0) is 14.3 Å². The van der Waals surface area contributed by atoms with Gasteiger partial charge in [-0.05, 0) is 61.8 Å². The Morgan fingerprint density at radius 1 is 0.939 bits per heavy atom. The van der Waals surface area contributed by atoms with Gasteiger partial charge in [0.25, 0.3) is 0 Å². The van der Waals surface area contributed by atoms with Gasteiger partial charge >= 0.3 is 12.1 Å². The third-order valence-electron chi connectivity index (χ3n) is 6.62. The van der Waals surface area contributed by atoms with Crippen LogP contribution in [0.25, 0.3) is 11.1 Å². The minimum absolute atomic E-state index is 0.0152. The molecule has 2 aliphatic rings. The quantitative estimate of drug-likeness (QED) is 0.563. The molecule has 33 heavy (non-hydrogen) atoms. The number of hydrogen-bond donors (Lipinski definition) is 3. The molecule has 1 atom stereocenters. The molecule has 0 radical (unpaired) electrons. The zero-order valence-corrected chi connectivity index (χ0v) is 19.2. The van der Waals surface area contributed by atoms with Crippen LogP contribution in [0.2, 0.25) is 0 Å². The van der Waals surface area contributed by atoms with E-state index in [2.05, 4.69) is 22.8 Å². The Morgan fingerprint density at radius 3 is 2.00 bits per heavy atom. The van der Waals surface area contributed by atoms with Crippen molar-refractivity contribution in [3.8, 4) is 11.1 Å². The maximum Gasteiger partial charge on any atom is 0.408 e. The summed E-state index contributed by atoms with van der Waals surface area (Å²) in [6.45, 7) is 5.14. The Labute approximate surface area is 193 Å². The lowest BCUT2D eigenvalue weighted by molar-refractivity contribution is -0.139. The van der Waals surface area contributed by atoms with Gasteiger partial charge in [0.2, 0.25) is 5.91 Å². The van der Waals surface area contributed by atoms with E-state index in [1.54, 1.807) is 20.8 Å². The molecule has 2 aliphatic carbocycles. The van der Waals surface area contributed by atoms with E-state index in [9.17, 15) is 14.4 Å². The van der Waals surface area contributed by atoms with Gasteiger partial charge in [0.1, 0.15) is 12.1 Å². The Kier molecular flexibility index (Phi) is 5.91. The van der Waals surface area contributed by atoms with Crippen molar-refractivity contribution in [3.05, 3.63) is 59.7 Å². The lowest BCUT2D eigenvalue weighted by atomic mass is 9.91. The minimum Gasteiger partial charge on any atom is -0.481 e. The molecule has 2 aromatic carbocycles. The van der Waals surface area contributed by atoms with Gasteiger partial charge in [-0.2, -0.15) is 0 Å². The summed E-state index contributed by atoms with van der Waals surface area (Å²) in [5.41, 5.74) is 2.41. The molecule has 1 saturated carbocycles. The number of amides is 2. The third kappa shape index (κ3) is 4.72. The molecule has 3 N–H and O–H groups in total. The summed E-state index contributed by atoms with van der Waals surface area (Å²) in [6.07, 6.45) is 0.752. The number of benzene rings is 2. The molecule has 2 aromatic rings. The SMILES string of the molecule is CC(C)(CC(=O)O)NC(=O)C(C)(NC(=O)OCC1c2ccccc2-c2ccccc21)C1CC1. The first-order valence-electron chi connectivity index (χ1n) is 11.3. The highest BCUT2D eigenvalue weighted by Gasteiger charge is 2.50. The highest BCUT2D eigenvalue weighted by atomic mass is 16.5. The van der Waals surface area contributed by atoms with Crippen molar-refractivity contribution in [2.45, 2.75) is 57.0 Å². The van der Waals surface area contributed by atoms with Gasteiger partial charge in [0, 0.05) is 11.5 Å². The van der Waals surface area contributed by atoms with Crippen LogP contribution >= 0.6 is 0 Å². The molecule has 0 aliphatic heterocycles. The molecule has 0 bridgehead atoms. The van der Waals surface area contributed by atoms with Gasteiger partial charge in [-0.1, -0.05) is 48.5 Å². The van der Waals surface area contributed by atoms with E-state index in [1.807, 2.05) is 36.4 Å². The summed E-state index contributed by atoms with van der Waals surface area (Å²) in [7, 11) is 0. The van der Waals surface area contributed by atoms with Gasteiger partial charge in [-0.25, -0.2) is 4.79 Å². The standard InChI is InChI=1S/C26H30N2O5/c1-25(2,14-22(29)30)27-23(31)26(3,16-12-13-16)28-24(32)33-15-21-19-10-6-4-8-17(19)18-9-5-7-11-20(18)21/h4-11,16,21H,12-15H2,1-3H3,(H,27,31)(H,28,32)(H,29,30). The second kappa shape index (κ2) is 8.54. The van der Waals surface area contributed by atoms with Crippen molar-refractivity contribution in [1.82, 2.24) is 10.6 Å². The number of carboxylic acids is 1. The number of ether oxygens (including phenoxy) is 1. The average molecular weight is 451 g/mol. The van der Waals surface area contributed by atoms with E-state index in [0.29, 0.717) is 0 Å². The van der Waals surface area contributed by atoms with E-state index in [4.69, 9.17) is 9.84 Å². The predicted octanol–water partition coefficient (Wildman–Crippen LogP) is 4.06. The number of hydrogen-bond acceptors (Lipinski definition) is 4. The smallest absolute Gasteiger partial charge is 0.408 e. The van der Waals surface area contributed by atoms with E-state index >= 15 is 0 Å². The predicted molar refractivity (Wildman–Crippen MR) is 124 cm³/mol. The first kappa shape index (κ1) is 22.8. The molecule has 174 valence electrons. The number of alkyl carbamates (subject to hydrolysis) is 1. The monoisotopic (exact) mass is 450 g/mol. The van der Waals surface area contributed by atoms with E-state index in [-0.39, 0.29) is 24.9 Å². The van der Waals surface area contributed by atoms with Crippen LogP contribution in [0.1, 0.15) is 57.1 Å². The van der Waals surface area contributed by atoms with Gasteiger partial charge in [0.05, 0.1) is 6.42 Å². The van der Waals surface area contributed by atoms with Crippen LogP contribution in [0.15, 0.2) is 48.5 Å². The number of rotatable bonds is 8. The molecule has 1 fully saturated rings. The van der Waals surface area contributed by atoms with Gasteiger partial charge in [-0.15, -0.1) is 0 Å². The van der Waals surface area contributed by atoms with Gasteiger partial charge in [0.15, 0.2) is 0 Å². The second-order valence-electron chi connectivity index (χ2n) is 9.84. The largest absolute Gasteiger partial charge is 0.481 e. The van der Waals surface area contributed by atoms with Crippen molar-refractivity contribution in [2.75, 3.05) is 6.61 Å². The fraction of sp³-hybridized carbons (Fsp3) is 0.423. The molecule has 7 nitrogen and oxygen atoms in total. The number of nitrogens with one attached hydrogen (secondary N) is 2. The van der Waals surface area contributed by atoms with Crippen LogP contribution in [0.4, 0.5) is 4.79 Å². The number of aliphatic carboxylic acids is 1. The van der Waals surface area contributed by atoms with Gasteiger partial charge in [-0.3, -0.25) is 9.59 Å². The molecule has 7 heteroatoms. The van der Waals surface area contributed by atoms with Crippen LogP contribution < -0.4 is 10.6 Å². The first-order valence-corrected chi connectivity index (χ1v) is 11.3. The number of carboxylic acid groups (broad SMARTS) is 1. The van der Waals surface area contributed by atoms with Crippen LogP contribution in [0, 0.1) is 5.92 Å². The number of fused-ring (bicyclic) bond motifs is 3. The highest BCUT2D eigenvalue weighted by Crippen LogP contribution is 2.44. The lowest BCUT2D eigenvalue weighted by Gasteiger charge is -2.34. The Bertz CT molecular complexity index is 1050. The summed E-state index contributed by atoms with van der Waals surface area (Å²) in [5, 5.41) is 14.7. The second-order valence-corrected chi connectivity index (χ2v) is 9.84. The molecule has 0 saturated heterocycles. The summed E-state index contributed by atoms with van der Waals surface area (Å²) >= 11 is 0. The fourth-order valence-electron chi connectivity index (χ4n) is 4.71. The molecular formula is C26H30N2O5. The summed E-state index contributed by atoms with van der Waals surface area (Å²) in [5.74, 6) is -1.49. The maximum absolute atomic E-state index is 13.1. The lowest BCUT2D eigenvalue weighted by Crippen LogP contribution is -2.62. The normalized spacial score (nSPS) is 16.8. The zero-order chi connectivity index (χ0) is 23.8. The van der Waals surface area contributed by atoms with Crippen molar-refractivity contribution in [3.63, 3.8) is 0 Å². The third-order valence-corrected chi connectivity index (χ3v) is 6.62. The molecule has 1 unspecified atom stereocenters. The summed E-state index contributed by atoms with van der Waals surface area (Å²) in [6, 6.07) is 16.2. The molecule has 4 rings (SSSR count). The molecule has 0 aromatic heterocycles. The average Bonchev–Trinajstić information content (AvgIpc) is 3.55. The topological polar surface area (TPSA) is 105 Å². The van der Waals surface area contributed by atoms with Crippen molar-refractivity contribution >= 4 is 18.0 Å². The zero-order valence-electron chi connectivity index (χ0n) is 19.2. The molecular weight excluding hydrogens is 420 g/mol. The fourth-order valence-corrected chi connectivity index (χ4v) is 4.71. The Hall–Kier alpha value is -3.35. The van der Waals surface area contributed by atoms with Crippen molar-refractivity contribution in [2.24, 2.45) is 5.92 Å².